The molecular weight excluding hydrogens is 292 g/mol. The van der Waals surface area contributed by atoms with E-state index in [0.717, 1.165) is 11.3 Å². The molecule has 2 aromatic rings. The summed E-state index contributed by atoms with van der Waals surface area (Å²) in [6, 6.07) is 14.0. The van der Waals surface area contributed by atoms with Gasteiger partial charge in [-0.3, -0.25) is 19.3 Å². The molecule has 0 saturated carbocycles. The first kappa shape index (κ1) is 15.0. The van der Waals surface area contributed by atoms with Crippen LogP contribution in [-0.2, 0) is 9.59 Å². The number of benzene rings is 2. The van der Waals surface area contributed by atoms with E-state index in [1.54, 1.807) is 24.3 Å². The third-order valence-corrected chi connectivity index (χ3v) is 3.75. The molecule has 1 aliphatic rings. The van der Waals surface area contributed by atoms with Gasteiger partial charge in [-0.05, 0) is 43.3 Å². The Hall–Kier alpha value is -2.95. The Kier molecular flexibility index (Phi) is 3.93. The van der Waals surface area contributed by atoms with Crippen LogP contribution in [0.3, 0.4) is 0 Å². The standard InChI is InChI=1S/C18H16N2O3/c1-12-2-6-14(7-3-12)19-18(23)13-4-8-15(9-5-13)20-16(21)10-11-17(20)22/h2-9H,10-11H2,1H3,(H,19,23). The van der Waals surface area contributed by atoms with Crippen molar-refractivity contribution in [3.05, 3.63) is 59.7 Å². The topological polar surface area (TPSA) is 66.5 Å². The van der Waals surface area contributed by atoms with E-state index in [0.29, 0.717) is 11.3 Å². The Balaban J connectivity index is 1.74. The molecule has 116 valence electrons. The van der Waals surface area contributed by atoms with Crippen molar-refractivity contribution >= 4 is 29.1 Å². The highest BCUT2D eigenvalue weighted by Crippen LogP contribution is 2.23. The van der Waals surface area contributed by atoms with E-state index in [4.69, 9.17) is 0 Å². The van der Waals surface area contributed by atoms with Gasteiger partial charge >= 0.3 is 0 Å². The summed E-state index contributed by atoms with van der Waals surface area (Å²) in [5, 5.41) is 2.81. The van der Waals surface area contributed by atoms with Gasteiger partial charge in [-0.15, -0.1) is 0 Å². The normalized spacial score (nSPS) is 14.2. The van der Waals surface area contributed by atoms with E-state index in [1.165, 1.54) is 4.90 Å². The predicted octanol–water partition coefficient (Wildman–Crippen LogP) is 2.90. The Morgan fingerprint density at radius 3 is 2.04 bits per heavy atom. The average molecular weight is 308 g/mol. The number of amides is 3. The first-order chi connectivity index (χ1) is 11.0. The Labute approximate surface area is 133 Å². The molecule has 0 unspecified atom stereocenters. The molecule has 5 heteroatoms. The van der Waals surface area contributed by atoms with Gasteiger partial charge in [0.1, 0.15) is 0 Å². The van der Waals surface area contributed by atoms with Gasteiger partial charge in [0.2, 0.25) is 11.8 Å². The van der Waals surface area contributed by atoms with Gasteiger partial charge in [-0.1, -0.05) is 17.7 Å². The summed E-state index contributed by atoms with van der Waals surface area (Å²) in [5.74, 6) is -0.641. The first-order valence-corrected chi connectivity index (χ1v) is 7.38. The molecule has 23 heavy (non-hydrogen) atoms. The van der Waals surface area contributed by atoms with E-state index in [9.17, 15) is 14.4 Å². The number of carbonyl (C=O) groups excluding carboxylic acids is 3. The number of hydrogen-bond acceptors (Lipinski definition) is 3. The van der Waals surface area contributed by atoms with Crippen molar-refractivity contribution in [2.45, 2.75) is 19.8 Å². The van der Waals surface area contributed by atoms with Crippen LogP contribution in [0.2, 0.25) is 0 Å². The van der Waals surface area contributed by atoms with Gasteiger partial charge < -0.3 is 5.32 Å². The maximum absolute atomic E-state index is 12.2. The van der Waals surface area contributed by atoms with E-state index in [2.05, 4.69) is 5.32 Å². The smallest absolute Gasteiger partial charge is 0.255 e. The molecule has 5 nitrogen and oxygen atoms in total. The molecule has 1 aliphatic heterocycles. The van der Waals surface area contributed by atoms with E-state index >= 15 is 0 Å². The highest BCUT2D eigenvalue weighted by atomic mass is 16.2. The fourth-order valence-electron chi connectivity index (χ4n) is 2.47. The lowest BCUT2D eigenvalue weighted by atomic mass is 10.1. The SMILES string of the molecule is Cc1ccc(NC(=O)c2ccc(N3C(=O)CCC3=O)cc2)cc1. The molecule has 3 amide bonds. The summed E-state index contributed by atoms with van der Waals surface area (Å²) in [4.78, 5) is 36.8. The zero-order valence-electron chi connectivity index (χ0n) is 12.7. The average Bonchev–Trinajstić information content (AvgIpc) is 2.88. The maximum atomic E-state index is 12.2. The number of nitrogens with zero attached hydrogens (tertiary/aromatic N) is 1. The fraction of sp³-hybridized carbons (Fsp3) is 0.167. The summed E-state index contributed by atoms with van der Waals surface area (Å²) in [6.07, 6.45) is 0.489. The molecule has 1 heterocycles. The minimum Gasteiger partial charge on any atom is -0.322 e. The molecule has 1 saturated heterocycles. The second kappa shape index (κ2) is 6.04. The first-order valence-electron chi connectivity index (χ1n) is 7.38. The monoisotopic (exact) mass is 308 g/mol. The number of hydrogen-bond donors (Lipinski definition) is 1. The van der Waals surface area contributed by atoms with E-state index < -0.39 is 0 Å². The fourth-order valence-corrected chi connectivity index (χ4v) is 2.47. The minimum atomic E-state index is -0.237. The molecule has 3 rings (SSSR count). The molecule has 0 radical (unpaired) electrons. The predicted molar refractivity (Wildman–Crippen MR) is 87.3 cm³/mol. The highest BCUT2D eigenvalue weighted by molar-refractivity contribution is 6.20. The van der Waals surface area contributed by atoms with Crippen LogP contribution in [0, 0.1) is 6.92 Å². The van der Waals surface area contributed by atoms with Crippen molar-refractivity contribution in [3.8, 4) is 0 Å². The molecule has 1 fully saturated rings. The van der Waals surface area contributed by atoms with Gasteiger partial charge in [0.25, 0.3) is 5.91 Å². The van der Waals surface area contributed by atoms with Crippen molar-refractivity contribution in [2.75, 3.05) is 10.2 Å². The molecule has 0 bridgehead atoms. The lowest BCUT2D eigenvalue weighted by Gasteiger charge is -2.14. The van der Waals surface area contributed by atoms with Crippen LogP contribution in [0.5, 0.6) is 0 Å². The Morgan fingerprint density at radius 1 is 0.913 bits per heavy atom. The van der Waals surface area contributed by atoms with Gasteiger partial charge in [-0.2, -0.15) is 0 Å². The number of anilines is 2. The van der Waals surface area contributed by atoms with Crippen LogP contribution in [0.25, 0.3) is 0 Å². The van der Waals surface area contributed by atoms with Crippen LogP contribution >= 0.6 is 0 Å². The molecule has 0 aliphatic carbocycles. The molecule has 1 N–H and O–H groups in total. The Morgan fingerprint density at radius 2 is 1.48 bits per heavy atom. The number of aryl methyl sites for hydroxylation is 1. The third kappa shape index (κ3) is 3.13. The quantitative estimate of drug-likeness (QED) is 0.887. The van der Waals surface area contributed by atoms with Crippen LogP contribution in [0.1, 0.15) is 28.8 Å². The summed E-state index contributed by atoms with van der Waals surface area (Å²) in [5.41, 5.74) is 2.81. The van der Waals surface area contributed by atoms with E-state index in [-0.39, 0.29) is 30.6 Å². The zero-order chi connectivity index (χ0) is 16.4. The van der Waals surface area contributed by atoms with Crippen LogP contribution in [0.4, 0.5) is 11.4 Å². The second-order valence-electron chi connectivity index (χ2n) is 5.49. The summed E-state index contributed by atoms with van der Waals surface area (Å²) >= 11 is 0. The molecule has 2 aromatic carbocycles. The van der Waals surface area contributed by atoms with Crippen molar-refractivity contribution in [1.29, 1.82) is 0 Å². The van der Waals surface area contributed by atoms with Crippen molar-refractivity contribution in [2.24, 2.45) is 0 Å². The largest absolute Gasteiger partial charge is 0.322 e. The number of nitrogens with one attached hydrogen (secondary N) is 1. The second-order valence-corrected chi connectivity index (χ2v) is 5.49. The minimum absolute atomic E-state index is 0.202. The summed E-state index contributed by atoms with van der Waals surface area (Å²) in [6.45, 7) is 1.98. The molecule has 0 spiro atoms. The lowest BCUT2D eigenvalue weighted by molar-refractivity contribution is -0.121. The number of carbonyl (C=O) groups is 3. The van der Waals surface area contributed by atoms with Crippen LogP contribution < -0.4 is 10.2 Å². The Bertz CT molecular complexity index is 748. The molecular formula is C18H16N2O3. The van der Waals surface area contributed by atoms with Crippen molar-refractivity contribution in [1.82, 2.24) is 0 Å². The molecule has 0 atom stereocenters. The van der Waals surface area contributed by atoms with Crippen LogP contribution in [-0.4, -0.2) is 17.7 Å². The zero-order valence-corrected chi connectivity index (χ0v) is 12.7. The summed E-state index contributed by atoms with van der Waals surface area (Å²) < 4.78 is 0. The third-order valence-electron chi connectivity index (χ3n) is 3.75. The van der Waals surface area contributed by atoms with Crippen molar-refractivity contribution < 1.29 is 14.4 Å². The van der Waals surface area contributed by atoms with E-state index in [1.807, 2.05) is 31.2 Å². The lowest BCUT2D eigenvalue weighted by Crippen LogP contribution is -2.28. The molecule has 0 aromatic heterocycles. The van der Waals surface area contributed by atoms with Crippen molar-refractivity contribution in [3.63, 3.8) is 0 Å². The highest BCUT2D eigenvalue weighted by Gasteiger charge is 2.30. The number of rotatable bonds is 3. The van der Waals surface area contributed by atoms with Gasteiger partial charge in [-0.25, -0.2) is 0 Å². The summed E-state index contributed by atoms with van der Waals surface area (Å²) in [7, 11) is 0. The van der Waals surface area contributed by atoms with Gasteiger partial charge in [0, 0.05) is 24.1 Å². The number of imide groups is 1. The van der Waals surface area contributed by atoms with Gasteiger partial charge in [0.15, 0.2) is 0 Å². The maximum Gasteiger partial charge on any atom is 0.255 e. The van der Waals surface area contributed by atoms with Crippen LogP contribution in [0.15, 0.2) is 48.5 Å². The van der Waals surface area contributed by atoms with Gasteiger partial charge in [0.05, 0.1) is 5.69 Å².